The van der Waals surface area contributed by atoms with Crippen molar-refractivity contribution in [3.05, 3.63) is 91.8 Å². The van der Waals surface area contributed by atoms with Crippen molar-refractivity contribution in [3.8, 4) is 11.4 Å². The lowest BCUT2D eigenvalue weighted by Gasteiger charge is -2.48. The van der Waals surface area contributed by atoms with Crippen LogP contribution in [0.1, 0.15) is 62.1 Å². The van der Waals surface area contributed by atoms with Gasteiger partial charge in [-0.05, 0) is 76.1 Å². The largest absolute Gasteiger partial charge is 0.483 e. The number of ether oxygens (including phenoxy) is 1. The van der Waals surface area contributed by atoms with Crippen LogP contribution in [0.15, 0.2) is 63.7 Å². The molecule has 3 aliphatic heterocycles. The number of carbonyl (C=O) groups excluding carboxylic acids is 1. The van der Waals surface area contributed by atoms with E-state index in [-0.39, 0.29) is 18.4 Å². The number of amides is 1. The van der Waals surface area contributed by atoms with Gasteiger partial charge >= 0.3 is 17.5 Å². The summed E-state index contributed by atoms with van der Waals surface area (Å²) in [6, 6.07) is 11.2. The maximum absolute atomic E-state index is 13.9. The number of hydrogen-bond donors (Lipinski definition) is 2. The van der Waals surface area contributed by atoms with Gasteiger partial charge in [-0.3, -0.25) is 9.69 Å². The number of carboxylic acid groups (broad SMARTS) is 1. The Kier molecular flexibility index (Phi) is 5.93. The zero-order valence-corrected chi connectivity index (χ0v) is 23.7. The lowest BCUT2D eigenvalue weighted by atomic mass is 9.80. The predicted molar refractivity (Wildman–Crippen MR) is 151 cm³/mol. The molecule has 4 heterocycles. The number of allylic oxidation sites excluding steroid dienone is 1. The Labute approximate surface area is 236 Å². The van der Waals surface area contributed by atoms with Crippen molar-refractivity contribution in [2.45, 2.75) is 64.4 Å². The van der Waals surface area contributed by atoms with E-state index in [0.717, 1.165) is 15.7 Å². The zero-order valence-electron chi connectivity index (χ0n) is 23.7. The summed E-state index contributed by atoms with van der Waals surface area (Å²) in [5, 5.41) is 13.4. The number of Topliss-reactive ketones (excluding diaryl/α,β-unsaturated/α-hetero) is 1. The van der Waals surface area contributed by atoms with Crippen LogP contribution in [0.5, 0.6) is 5.75 Å². The molecule has 2 N–H and O–H groups in total. The van der Waals surface area contributed by atoms with Crippen LogP contribution < -0.4 is 21.4 Å². The first-order valence-corrected chi connectivity index (χ1v) is 13.7. The van der Waals surface area contributed by atoms with E-state index in [1.54, 1.807) is 24.3 Å². The van der Waals surface area contributed by atoms with Crippen LogP contribution in [0.4, 0.5) is 4.79 Å². The minimum atomic E-state index is -0.994. The molecule has 0 bridgehead atoms. The van der Waals surface area contributed by atoms with Crippen LogP contribution in [-0.2, 0) is 12.1 Å². The van der Waals surface area contributed by atoms with Gasteiger partial charge in [0.15, 0.2) is 5.78 Å². The van der Waals surface area contributed by atoms with E-state index in [4.69, 9.17) is 4.74 Å². The zero-order chi connectivity index (χ0) is 29.4. The summed E-state index contributed by atoms with van der Waals surface area (Å²) in [6.45, 7) is 10.3. The second-order valence-corrected chi connectivity index (χ2v) is 11.8. The van der Waals surface area contributed by atoms with Gasteiger partial charge in [-0.25, -0.2) is 28.3 Å². The molecule has 0 radical (unpaired) electrons. The third kappa shape index (κ3) is 3.90. The highest BCUT2D eigenvalue weighted by Crippen LogP contribution is 2.47. The normalized spacial score (nSPS) is 24.4. The van der Waals surface area contributed by atoms with Gasteiger partial charge in [-0.15, -0.1) is 0 Å². The maximum Gasteiger partial charge on any atom is 0.408 e. The number of nitrogens with one attached hydrogen (secondary N) is 1. The van der Waals surface area contributed by atoms with Crippen molar-refractivity contribution >= 4 is 11.9 Å². The third-order valence-corrected chi connectivity index (χ3v) is 8.69. The Bertz CT molecular complexity index is 1740. The average molecular weight is 560 g/mol. The quantitative estimate of drug-likeness (QED) is 0.373. The molecule has 3 aromatic rings. The molecule has 11 heteroatoms. The van der Waals surface area contributed by atoms with E-state index in [0.29, 0.717) is 35.7 Å². The summed E-state index contributed by atoms with van der Waals surface area (Å²) in [5.74, 6) is 0.427. The second kappa shape index (κ2) is 9.07. The molecule has 1 fully saturated rings. The van der Waals surface area contributed by atoms with Crippen molar-refractivity contribution in [2.24, 2.45) is 0 Å². The Balaban J connectivity index is 1.50. The first-order valence-electron chi connectivity index (χ1n) is 13.7. The molecule has 3 unspecified atom stereocenters. The molecular formula is C30H33N5O6. The molecule has 1 saturated heterocycles. The van der Waals surface area contributed by atoms with E-state index in [9.17, 15) is 24.3 Å². The molecule has 1 aromatic heterocycles. The number of piperazine rings is 1. The minimum Gasteiger partial charge on any atom is -0.483 e. The van der Waals surface area contributed by atoms with Crippen molar-refractivity contribution in [1.29, 1.82) is 0 Å². The van der Waals surface area contributed by atoms with Gasteiger partial charge in [0.1, 0.15) is 17.4 Å². The summed E-state index contributed by atoms with van der Waals surface area (Å²) >= 11 is 0. The molecular weight excluding hydrogens is 526 g/mol. The highest BCUT2D eigenvalue weighted by Gasteiger charge is 2.46. The van der Waals surface area contributed by atoms with E-state index in [1.165, 1.54) is 21.2 Å². The SMILES string of the molecule is CC(=O)c1ccc(-n2c(=O)n3n(c2=O)C2C(=CC3)C(C)(C)Oc3cc(C4(C)CNCC(C)N4C(=O)O)ccc32)cc1. The Hall–Kier alpha value is -4.38. The van der Waals surface area contributed by atoms with Gasteiger partial charge in [0.05, 0.1) is 17.8 Å². The monoisotopic (exact) mass is 559 g/mol. The number of benzene rings is 2. The summed E-state index contributed by atoms with van der Waals surface area (Å²) in [5.41, 5.74) is 0.586. The lowest BCUT2D eigenvalue weighted by Crippen LogP contribution is -2.63. The van der Waals surface area contributed by atoms with Crippen LogP contribution in [0.2, 0.25) is 0 Å². The fraction of sp³-hybridized carbons (Fsp3) is 0.400. The summed E-state index contributed by atoms with van der Waals surface area (Å²) in [7, 11) is 0. The van der Waals surface area contributed by atoms with Gasteiger partial charge in [0, 0.05) is 30.3 Å². The highest BCUT2D eigenvalue weighted by atomic mass is 16.5. The molecule has 41 heavy (non-hydrogen) atoms. The predicted octanol–water partition coefficient (Wildman–Crippen LogP) is 2.89. The standard InChI is InChI=1S/C30H33N5O6/c1-17-15-31-16-30(5,34(17)28(39)40)20-8-11-22-24(14-20)41-29(3,4)23-12-13-32-26(37)33(27(38)35(32)25(22)23)21-9-6-19(7-10-21)18(2)36/h6-12,14,17,25,31H,13,15-16H2,1-5H3,(H,39,40). The fourth-order valence-corrected chi connectivity index (χ4v) is 6.63. The fourth-order valence-electron chi connectivity index (χ4n) is 6.63. The number of fused-ring (bicyclic) bond motifs is 5. The molecule has 3 atom stereocenters. The number of aromatic nitrogens is 3. The van der Waals surface area contributed by atoms with E-state index in [2.05, 4.69) is 5.32 Å². The molecule has 214 valence electrons. The Morgan fingerprint density at radius 2 is 1.76 bits per heavy atom. The van der Waals surface area contributed by atoms with Crippen LogP contribution in [-0.4, -0.2) is 60.5 Å². The van der Waals surface area contributed by atoms with Crippen molar-refractivity contribution in [2.75, 3.05) is 13.1 Å². The third-order valence-electron chi connectivity index (χ3n) is 8.69. The molecule has 1 amide bonds. The summed E-state index contributed by atoms with van der Waals surface area (Å²) in [6.07, 6.45) is 0.942. The van der Waals surface area contributed by atoms with Crippen molar-refractivity contribution in [3.63, 3.8) is 0 Å². The second-order valence-electron chi connectivity index (χ2n) is 11.8. The van der Waals surface area contributed by atoms with Gasteiger partial charge in [-0.2, -0.15) is 0 Å². The molecule has 0 aliphatic carbocycles. The van der Waals surface area contributed by atoms with Crippen molar-refractivity contribution in [1.82, 2.24) is 24.1 Å². The number of ketones is 1. The number of rotatable bonds is 3. The van der Waals surface area contributed by atoms with E-state index >= 15 is 0 Å². The average Bonchev–Trinajstić information content (AvgIpc) is 3.17. The number of carbonyl (C=O) groups is 2. The molecule has 6 rings (SSSR count). The van der Waals surface area contributed by atoms with Crippen LogP contribution in [0, 0.1) is 0 Å². The lowest BCUT2D eigenvalue weighted by molar-refractivity contribution is 0.0339. The first kappa shape index (κ1) is 26.8. The smallest absolute Gasteiger partial charge is 0.408 e. The van der Waals surface area contributed by atoms with Crippen LogP contribution in [0.3, 0.4) is 0 Å². The summed E-state index contributed by atoms with van der Waals surface area (Å²) < 4.78 is 10.5. The Morgan fingerprint density at radius 1 is 1.05 bits per heavy atom. The minimum absolute atomic E-state index is 0.107. The van der Waals surface area contributed by atoms with E-state index in [1.807, 2.05) is 52.0 Å². The van der Waals surface area contributed by atoms with Crippen LogP contribution >= 0.6 is 0 Å². The van der Waals surface area contributed by atoms with Crippen LogP contribution in [0.25, 0.3) is 5.69 Å². The molecule has 2 aromatic carbocycles. The maximum atomic E-state index is 13.9. The van der Waals surface area contributed by atoms with E-state index < -0.39 is 34.7 Å². The topological polar surface area (TPSA) is 128 Å². The van der Waals surface area contributed by atoms with Gasteiger partial charge in [0.25, 0.3) is 0 Å². The molecule has 3 aliphatic rings. The van der Waals surface area contributed by atoms with Gasteiger partial charge < -0.3 is 15.2 Å². The molecule has 11 nitrogen and oxygen atoms in total. The molecule has 0 spiro atoms. The summed E-state index contributed by atoms with van der Waals surface area (Å²) in [4.78, 5) is 53.0. The Morgan fingerprint density at radius 3 is 2.41 bits per heavy atom. The number of hydrogen-bond acceptors (Lipinski definition) is 6. The number of nitrogens with zero attached hydrogens (tertiary/aromatic N) is 4. The van der Waals surface area contributed by atoms with Crippen molar-refractivity contribution < 1.29 is 19.4 Å². The highest BCUT2D eigenvalue weighted by molar-refractivity contribution is 5.94. The van der Waals surface area contributed by atoms with Gasteiger partial charge in [0.2, 0.25) is 0 Å². The molecule has 0 saturated carbocycles. The first-order chi connectivity index (χ1) is 19.3. The van der Waals surface area contributed by atoms with Gasteiger partial charge in [-0.1, -0.05) is 18.2 Å².